The Morgan fingerprint density at radius 1 is 1.46 bits per heavy atom. The molecule has 0 bridgehead atoms. The maximum Gasteiger partial charge on any atom is 0.315 e. The number of nitrogens with zero attached hydrogens (tertiary/aromatic N) is 1. The highest BCUT2D eigenvalue weighted by Crippen LogP contribution is 2.21. The summed E-state index contributed by atoms with van der Waals surface area (Å²) in [4.78, 5) is 14.4. The van der Waals surface area contributed by atoms with Crippen molar-refractivity contribution in [3.8, 4) is 0 Å². The van der Waals surface area contributed by atoms with E-state index in [1.165, 1.54) is 0 Å². The van der Waals surface area contributed by atoms with Gasteiger partial charge in [-0.1, -0.05) is 6.92 Å². The molecule has 5 nitrogen and oxygen atoms in total. The first kappa shape index (κ1) is 18.6. The molecule has 1 aliphatic heterocycles. The summed E-state index contributed by atoms with van der Waals surface area (Å²) in [6.07, 6.45) is 1.33. The van der Waals surface area contributed by atoms with Crippen LogP contribution in [0.3, 0.4) is 0 Å². The van der Waals surface area contributed by atoms with Crippen molar-refractivity contribution in [2.75, 3.05) is 33.4 Å². The molecule has 134 valence electrons. The fourth-order valence-electron chi connectivity index (χ4n) is 2.94. The van der Waals surface area contributed by atoms with E-state index >= 15 is 0 Å². The lowest BCUT2D eigenvalue weighted by Gasteiger charge is -2.21. The Morgan fingerprint density at radius 3 is 2.96 bits per heavy atom. The van der Waals surface area contributed by atoms with Crippen LogP contribution in [0.25, 0.3) is 0 Å². The summed E-state index contributed by atoms with van der Waals surface area (Å²) in [5.41, 5.74) is 0.167. The number of urea groups is 1. The summed E-state index contributed by atoms with van der Waals surface area (Å²) < 4.78 is 32.3. The highest BCUT2D eigenvalue weighted by molar-refractivity contribution is 5.74. The van der Waals surface area contributed by atoms with Crippen molar-refractivity contribution in [3.05, 3.63) is 35.4 Å². The van der Waals surface area contributed by atoms with Crippen LogP contribution < -0.4 is 10.6 Å². The lowest BCUT2D eigenvalue weighted by atomic mass is 10.0. The van der Waals surface area contributed by atoms with Crippen molar-refractivity contribution in [2.24, 2.45) is 0 Å². The number of methoxy groups -OCH3 is 1. The first-order valence-electron chi connectivity index (χ1n) is 8.26. The Labute approximate surface area is 141 Å². The lowest BCUT2D eigenvalue weighted by Crippen LogP contribution is -2.44. The molecule has 0 aliphatic carbocycles. The summed E-state index contributed by atoms with van der Waals surface area (Å²) in [5.74, 6) is -1.04. The molecule has 0 unspecified atom stereocenters. The number of halogens is 2. The second-order valence-corrected chi connectivity index (χ2v) is 6.02. The van der Waals surface area contributed by atoms with E-state index in [1.54, 1.807) is 7.11 Å². The standard InChI is InChI=1S/C17H25F2N3O2/c1-3-16(14-10-12(18)4-5-15(14)19)21-17(23)20-13-6-7-22(11-13)8-9-24-2/h4-5,10,13,16H,3,6-9,11H2,1-2H3,(H2,20,21,23)/t13-,16-/m0/s1. The molecule has 2 N–H and O–H groups in total. The molecule has 1 aliphatic rings. The van der Waals surface area contributed by atoms with Crippen molar-refractivity contribution in [3.63, 3.8) is 0 Å². The number of amides is 2. The number of ether oxygens (including phenoxy) is 1. The molecule has 2 rings (SSSR count). The molecule has 1 aromatic rings. The zero-order valence-corrected chi connectivity index (χ0v) is 14.1. The SMILES string of the molecule is CC[C@H](NC(=O)N[C@H]1CCN(CCOC)C1)c1cc(F)ccc1F. The third-order valence-corrected chi connectivity index (χ3v) is 4.27. The lowest BCUT2D eigenvalue weighted by molar-refractivity contribution is 0.159. The van der Waals surface area contributed by atoms with Crippen LogP contribution in [0, 0.1) is 11.6 Å². The molecule has 7 heteroatoms. The van der Waals surface area contributed by atoms with Crippen LogP contribution in [0.15, 0.2) is 18.2 Å². The molecule has 0 aromatic heterocycles. The predicted octanol–water partition coefficient (Wildman–Crippen LogP) is 2.44. The molecule has 0 saturated carbocycles. The Kier molecular flexibility index (Phi) is 6.93. The summed E-state index contributed by atoms with van der Waals surface area (Å²) in [6, 6.07) is 2.41. The largest absolute Gasteiger partial charge is 0.383 e. The highest BCUT2D eigenvalue weighted by atomic mass is 19.1. The van der Waals surface area contributed by atoms with Crippen LogP contribution in [-0.2, 0) is 4.74 Å². The molecule has 1 heterocycles. The zero-order valence-electron chi connectivity index (χ0n) is 14.1. The van der Waals surface area contributed by atoms with Gasteiger partial charge < -0.3 is 15.4 Å². The van der Waals surface area contributed by atoms with Crippen molar-refractivity contribution in [1.82, 2.24) is 15.5 Å². The number of hydrogen-bond acceptors (Lipinski definition) is 3. The van der Waals surface area contributed by atoms with Crippen LogP contribution in [0.5, 0.6) is 0 Å². The van der Waals surface area contributed by atoms with Gasteiger partial charge in [-0.25, -0.2) is 13.6 Å². The molecule has 1 fully saturated rings. The minimum absolute atomic E-state index is 0.0525. The summed E-state index contributed by atoms with van der Waals surface area (Å²) in [6.45, 7) is 4.99. The average molecular weight is 341 g/mol. The van der Waals surface area contributed by atoms with E-state index in [0.29, 0.717) is 13.0 Å². The Bertz CT molecular complexity index is 557. The second kappa shape index (κ2) is 8.94. The first-order valence-corrected chi connectivity index (χ1v) is 8.26. The fourth-order valence-corrected chi connectivity index (χ4v) is 2.94. The van der Waals surface area contributed by atoms with E-state index in [9.17, 15) is 13.6 Å². The van der Waals surface area contributed by atoms with Gasteiger partial charge >= 0.3 is 6.03 Å². The third-order valence-electron chi connectivity index (χ3n) is 4.27. The number of benzene rings is 1. The molecule has 2 atom stereocenters. The first-order chi connectivity index (χ1) is 11.5. The van der Waals surface area contributed by atoms with Crippen LogP contribution in [0.4, 0.5) is 13.6 Å². The second-order valence-electron chi connectivity index (χ2n) is 6.02. The monoisotopic (exact) mass is 341 g/mol. The minimum atomic E-state index is -0.563. The summed E-state index contributed by atoms with van der Waals surface area (Å²) in [5, 5.41) is 5.64. The molecule has 0 spiro atoms. The quantitative estimate of drug-likeness (QED) is 0.801. The van der Waals surface area contributed by atoms with E-state index in [2.05, 4.69) is 15.5 Å². The van der Waals surface area contributed by atoms with Gasteiger partial charge in [0.2, 0.25) is 0 Å². The third kappa shape index (κ3) is 5.14. The van der Waals surface area contributed by atoms with E-state index in [1.807, 2.05) is 6.92 Å². The van der Waals surface area contributed by atoms with Gasteiger partial charge in [-0.15, -0.1) is 0 Å². The summed E-state index contributed by atoms with van der Waals surface area (Å²) in [7, 11) is 1.66. The Hall–Kier alpha value is -1.73. The van der Waals surface area contributed by atoms with Gasteiger partial charge in [-0.05, 0) is 31.0 Å². The number of rotatable bonds is 7. The normalized spacial score (nSPS) is 19.2. The Morgan fingerprint density at radius 2 is 2.25 bits per heavy atom. The van der Waals surface area contributed by atoms with Gasteiger partial charge in [0.25, 0.3) is 0 Å². The van der Waals surface area contributed by atoms with Crippen LogP contribution >= 0.6 is 0 Å². The number of hydrogen-bond donors (Lipinski definition) is 2. The zero-order chi connectivity index (χ0) is 17.5. The minimum Gasteiger partial charge on any atom is -0.383 e. The maximum absolute atomic E-state index is 13.9. The summed E-state index contributed by atoms with van der Waals surface area (Å²) >= 11 is 0. The molecule has 24 heavy (non-hydrogen) atoms. The topological polar surface area (TPSA) is 53.6 Å². The number of carbonyl (C=O) groups excluding carboxylic acids is 1. The fraction of sp³-hybridized carbons (Fsp3) is 0.588. The molecule has 2 amide bonds. The molecule has 0 radical (unpaired) electrons. The van der Waals surface area contributed by atoms with E-state index in [0.717, 1.165) is 44.3 Å². The van der Waals surface area contributed by atoms with Crippen LogP contribution in [-0.4, -0.2) is 50.3 Å². The predicted molar refractivity (Wildman–Crippen MR) is 87.8 cm³/mol. The van der Waals surface area contributed by atoms with Crippen molar-refractivity contribution in [1.29, 1.82) is 0 Å². The van der Waals surface area contributed by atoms with E-state index < -0.39 is 17.7 Å². The van der Waals surface area contributed by atoms with Crippen LogP contribution in [0.1, 0.15) is 31.4 Å². The van der Waals surface area contributed by atoms with Crippen molar-refractivity contribution in [2.45, 2.75) is 31.8 Å². The number of carbonyl (C=O) groups is 1. The number of nitrogens with one attached hydrogen (secondary N) is 2. The van der Waals surface area contributed by atoms with Crippen LogP contribution in [0.2, 0.25) is 0 Å². The van der Waals surface area contributed by atoms with Crippen molar-refractivity contribution < 1.29 is 18.3 Å². The molecule has 1 saturated heterocycles. The van der Waals surface area contributed by atoms with Gasteiger partial charge in [0.05, 0.1) is 12.6 Å². The smallest absolute Gasteiger partial charge is 0.315 e. The maximum atomic E-state index is 13.9. The van der Waals surface area contributed by atoms with Gasteiger partial charge in [0.15, 0.2) is 0 Å². The highest BCUT2D eigenvalue weighted by Gasteiger charge is 2.25. The van der Waals surface area contributed by atoms with Gasteiger partial charge in [-0.2, -0.15) is 0 Å². The van der Waals surface area contributed by atoms with Gasteiger partial charge in [0.1, 0.15) is 11.6 Å². The van der Waals surface area contributed by atoms with Gasteiger partial charge in [0, 0.05) is 38.3 Å². The van der Waals surface area contributed by atoms with Gasteiger partial charge in [-0.3, -0.25) is 4.90 Å². The number of likely N-dealkylation sites (tertiary alicyclic amines) is 1. The molecular formula is C17H25F2N3O2. The molecular weight excluding hydrogens is 316 g/mol. The average Bonchev–Trinajstić information content (AvgIpc) is 3.00. The molecule has 1 aromatic carbocycles. The Balaban J connectivity index is 1.87. The van der Waals surface area contributed by atoms with E-state index in [-0.39, 0.29) is 17.6 Å². The van der Waals surface area contributed by atoms with Crippen molar-refractivity contribution >= 4 is 6.03 Å². The van der Waals surface area contributed by atoms with E-state index in [4.69, 9.17) is 4.74 Å².